The predicted molar refractivity (Wildman–Crippen MR) is 65.0 cm³/mol. The summed E-state index contributed by atoms with van der Waals surface area (Å²) in [5.74, 6) is -1.26. The van der Waals surface area contributed by atoms with Gasteiger partial charge >= 0.3 is 5.97 Å². The van der Waals surface area contributed by atoms with E-state index in [9.17, 15) is 14.4 Å². The molecule has 0 aromatic carbocycles. The Kier molecular flexibility index (Phi) is 5.59. The lowest BCUT2D eigenvalue weighted by atomic mass is 10.2. The summed E-state index contributed by atoms with van der Waals surface area (Å²) >= 11 is 0. The average molecular weight is 268 g/mol. The van der Waals surface area contributed by atoms with Crippen molar-refractivity contribution >= 4 is 17.8 Å². The molecule has 1 aromatic rings. The summed E-state index contributed by atoms with van der Waals surface area (Å²) in [5.41, 5.74) is 0. The van der Waals surface area contributed by atoms with Crippen LogP contribution in [-0.2, 0) is 20.9 Å². The van der Waals surface area contributed by atoms with Gasteiger partial charge in [0.2, 0.25) is 11.8 Å². The van der Waals surface area contributed by atoms with E-state index in [4.69, 9.17) is 9.52 Å². The van der Waals surface area contributed by atoms with Crippen molar-refractivity contribution in [3.63, 3.8) is 0 Å². The summed E-state index contributed by atoms with van der Waals surface area (Å²) in [6.07, 6.45) is 1.45. The second kappa shape index (κ2) is 7.20. The molecule has 0 saturated carbocycles. The Bertz CT molecular complexity index is 441. The molecule has 0 spiro atoms. The lowest BCUT2D eigenvalue weighted by Crippen LogP contribution is -2.38. The van der Waals surface area contributed by atoms with E-state index in [1.807, 2.05) is 0 Å². The number of amides is 2. The number of nitrogens with one attached hydrogen (secondary N) is 2. The number of hydrogen-bond acceptors (Lipinski definition) is 4. The van der Waals surface area contributed by atoms with Crippen LogP contribution in [0.2, 0.25) is 0 Å². The first-order chi connectivity index (χ1) is 8.99. The van der Waals surface area contributed by atoms with Gasteiger partial charge in [-0.15, -0.1) is 0 Å². The molecule has 0 aliphatic heterocycles. The minimum absolute atomic E-state index is 0.00111. The monoisotopic (exact) mass is 268 g/mol. The molecule has 1 heterocycles. The van der Waals surface area contributed by atoms with E-state index >= 15 is 0 Å². The Morgan fingerprint density at radius 2 is 2.00 bits per heavy atom. The molecule has 1 rings (SSSR count). The molecule has 0 bridgehead atoms. The second-order valence-electron chi connectivity index (χ2n) is 3.98. The van der Waals surface area contributed by atoms with Crippen LogP contribution in [0.1, 0.15) is 25.5 Å². The van der Waals surface area contributed by atoms with Crippen molar-refractivity contribution in [2.24, 2.45) is 0 Å². The Morgan fingerprint density at radius 1 is 1.32 bits per heavy atom. The Hall–Kier alpha value is -2.31. The third-order valence-corrected chi connectivity index (χ3v) is 2.37. The van der Waals surface area contributed by atoms with Crippen molar-refractivity contribution in [1.82, 2.24) is 10.6 Å². The van der Waals surface area contributed by atoms with Gasteiger partial charge in [0.05, 0.1) is 12.8 Å². The highest BCUT2D eigenvalue weighted by Crippen LogP contribution is 1.99. The van der Waals surface area contributed by atoms with E-state index in [-0.39, 0.29) is 25.3 Å². The maximum atomic E-state index is 11.4. The van der Waals surface area contributed by atoms with Crippen LogP contribution < -0.4 is 10.6 Å². The van der Waals surface area contributed by atoms with E-state index in [2.05, 4.69) is 10.6 Å². The number of hydrogen-bond donors (Lipinski definition) is 3. The minimum Gasteiger partial charge on any atom is -0.480 e. The minimum atomic E-state index is -1.12. The van der Waals surface area contributed by atoms with Gasteiger partial charge in [-0.2, -0.15) is 0 Å². The number of carbonyl (C=O) groups excluding carboxylic acids is 2. The third kappa shape index (κ3) is 5.71. The highest BCUT2D eigenvalue weighted by molar-refractivity contribution is 5.86. The van der Waals surface area contributed by atoms with E-state index in [0.717, 1.165) is 0 Å². The van der Waals surface area contributed by atoms with Gasteiger partial charge < -0.3 is 20.2 Å². The largest absolute Gasteiger partial charge is 0.480 e. The van der Waals surface area contributed by atoms with Gasteiger partial charge in [-0.3, -0.25) is 14.4 Å². The fourth-order valence-electron chi connectivity index (χ4n) is 1.29. The molecule has 1 unspecified atom stereocenters. The van der Waals surface area contributed by atoms with Crippen molar-refractivity contribution in [2.75, 3.05) is 0 Å². The van der Waals surface area contributed by atoms with Crippen LogP contribution in [0.4, 0.5) is 0 Å². The van der Waals surface area contributed by atoms with Gasteiger partial charge in [-0.05, 0) is 19.1 Å². The zero-order valence-electron chi connectivity index (χ0n) is 10.5. The average Bonchev–Trinajstić information content (AvgIpc) is 2.86. The summed E-state index contributed by atoms with van der Waals surface area (Å²) in [7, 11) is 0. The quantitative estimate of drug-likeness (QED) is 0.657. The molecule has 0 saturated heterocycles. The Morgan fingerprint density at radius 3 is 2.58 bits per heavy atom. The lowest BCUT2D eigenvalue weighted by Gasteiger charge is -2.08. The number of rotatable bonds is 7. The molecule has 19 heavy (non-hydrogen) atoms. The second-order valence-corrected chi connectivity index (χ2v) is 3.98. The van der Waals surface area contributed by atoms with Gasteiger partial charge in [0.25, 0.3) is 0 Å². The van der Waals surface area contributed by atoms with Crippen LogP contribution in [0.3, 0.4) is 0 Å². The van der Waals surface area contributed by atoms with Gasteiger partial charge in [-0.1, -0.05) is 0 Å². The zero-order chi connectivity index (χ0) is 14.3. The normalized spacial score (nSPS) is 11.6. The van der Waals surface area contributed by atoms with Gasteiger partial charge in [-0.25, -0.2) is 0 Å². The fraction of sp³-hybridized carbons (Fsp3) is 0.417. The van der Waals surface area contributed by atoms with Crippen LogP contribution >= 0.6 is 0 Å². The predicted octanol–water partition coefficient (Wildman–Crippen LogP) is 0.265. The smallest absolute Gasteiger partial charge is 0.325 e. The van der Waals surface area contributed by atoms with E-state index in [0.29, 0.717) is 5.76 Å². The van der Waals surface area contributed by atoms with Gasteiger partial charge in [0.15, 0.2) is 0 Å². The van der Waals surface area contributed by atoms with Crippen molar-refractivity contribution in [2.45, 2.75) is 32.4 Å². The molecule has 1 aromatic heterocycles. The highest BCUT2D eigenvalue weighted by Gasteiger charge is 2.14. The molecular weight excluding hydrogens is 252 g/mol. The first kappa shape index (κ1) is 14.7. The van der Waals surface area contributed by atoms with Crippen LogP contribution in [0.25, 0.3) is 0 Å². The topological polar surface area (TPSA) is 109 Å². The summed E-state index contributed by atoms with van der Waals surface area (Å²) in [6, 6.07) is 2.47. The van der Waals surface area contributed by atoms with Gasteiger partial charge in [0, 0.05) is 12.8 Å². The number of carboxylic acid groups (broad SMARTS) is 1. The zero-order valence-corrected chi connectivity index (χ0v) is 10.5. The molecule has 7 nitrogen and oxygen atoms in total. The van der Waals surface area contributed by atoms with Crippen molar-refractivity contribution in [1.29, 1.82) is 0 Å². The molecule has 1 atom stereocenters. The maximum absolute atomic E-state index is 11.4. The molecule has 0 aliphatic rings. The van der Waals surface area contributed by atoms with Crippen LogP contribution in [-0.4, -0.2) is 28.9 Å². The van der Waals surface area contributed by atoms with Crippen LogP contribution in [0.15, 0.2) is 22.8 Å². The third-order valence-electron chi connectivity index (χ3n) is 2.37. The van der Waals surface area contributed by atoms with Crippen molar-refractivity contribution < 1.29 is 23.9 Å². The molecule has 0 aliphatic carbocycles. The summed E-state index contributed by atoms with van der Waals surface area (Å²) < 4.78 is 5.03. The summed E-state index contributed by atoms with van der Waals surface area (Å²) in [4.78, 5) is 33.2. The van der Waals surface area contributed by atoms with Crippen molar-refractivity contribution in [3.05, 3.63) is 24.2 Å². The molecule has 2 amide bonds. The number of aliphatic carboxylic acids is 1. The molecule has 0 radical (unpaired) electrons. The fourth-order valence-corrected chi connectivity index (χ4v) is 1.29. The first-order valence-electron chi connectivity index (χ1n) is 5.80. The van der Waals surface area contributed by atoms with E-state index in [1.165, 1.54) is 13.2 Å². The first-order valence-corrected chi connectivity index (χ1v) is 5.80. The number of carbonyl (C=O) groups is 3. The van der Waals surface area contributed by atoms with Crippen LogP contribution in [0.5, 0.6) is 0 Å². The van der Waals surface area contributed by atoms with Crippen molar-refractivity contribution in [3.8, 4) is 0 Å². The van der Waals surface area contributed by atoms with Crippen LogP contribution in [0, 0.1) is 0 Å². The maximum Gasteiger partial charge on any atom is 0.325 e. The lowest BCUT2D eigenvalue weighted by molar-refractivity contribution is -0.141. The number of carboxylic acids is 1. The molecular formula is C12H16N2O5. The molecule has 3 N–H and O–H groups in total. The Labute approximate surface area is 110 Å². The highest BCUT2D eigenvalue weighted by atomic mass is 16.4. The summed E-state index contributed by atoms with van der Waals surface area (Å²) in [5, 5.41) is 13.4. The van der Waals surface area contributed by atoms with E-state index in [1.54, 1.807) is 12.1 Å². The number of furan rings is 1. The molecule has 0 fully saturated rings. The van der Waals surface area contributed by atoms with E-state index < -0.39 is 17.9 Å². The standard InChI is InChI=1S/C12H16N2O5/c1-8(12(17)18)14-11(16)5-4-10(15)13-7-9-3-2-6-19-9/h2-3,6,8H,4-5,7H2,1H3,(H,13,15)(H,14,16)(H,17,18). The SMILES string of the molecule is CC(NC(=O)CCC(=O)NCc1ccco1)C(=O)O. The molecule has 7 heteroatoms. The Balaban J connectivity index is 2.19. The molecule has 104 valence electrons. The summed E-state index contributed by atoms with van der Waals surface area (Å²) in [6.45, 7) is 1.62. The van der Waals surface area contributed by atoms with Gasteiger partial charge in [0.1, 0.15) is 11.8 Å².